The van der Waals surface area contributed by atoms with E-state index in [1.54, 1.807) is 12.4 Å². The summed E-state index contributed by atoms with van der Waals surface area (Å²) in [6.45, 7) is 3.96. The maximum atomic E-state index is 12.1. The highest BCUT2D eigenvalue weighted by Crippen LogP contribution is 2.25. The lowest BCUT2D eigenvalue weighted by molar-refractivity contribution is -0.139. The zero-order valence-corrected chi connectivity index (χ0v) is 13.3. The Hall–Kier alpha value is -1.61. The molecule has 0 unspecified atom stereocenters. The molecule has 2 heterocycles. The number of nitrogens with zero attached hydrogens (tertiary/aromatic N) is 2. The zero-order chi connectivity index (χ0) is 15.2. The van der Waals surface area contributed by atoms with Gasteiger partial charge in [-0.1, -0.05) is 30.0 Å². The Morgan fingerprint density at radius 3 is 2.95 bits per heavy atom. The molecule has 0 aromatic carbocycles. The number of carbonyl (C=O) groups is 2. The van der Waals surface area contributed by atoms with E-state index in [-0.39, 0.29) is 12.1 Å². The summed E-state index contributed by atoms with van der Waals surface area (Å²) in [5.74, 6) is 0.0393. The number of urea groups is 1. The average Bonchev–Trinajstić information content (AvgIpc) is 2.97. The minimum atomic E-state index is -0.398. The van der Waals surface area contributed by atoms with Crippen molar-refractivity contribution in [3.8, 4) is 0 Å². The number of hydrogen-bond donors (Lipinski definition) is 2. The molecule has 9 heteroatoms. The SMILES string of the molecule is CCOC(=O)C1=C(CSc2nncs2)NC(=O)N[C@@H]1CC. The molecule has 114 valence electrons. The van der Waals surface area contributed by atoms with Gasteiger partial charge in [0.2, 0.25) is 0 Å². The molecule has 21 heavy (non-hydrogen) atoms. The van der Waals surface area contributed by atoms with Crippen LogP contribution in [0.15, 0.2) is 21.1 Å². The highest BCUT2D eigenvalue weighted by molar-refractivity contribution is 8.01. The molecular formula is C12H16N4O3S2. The molecule has 7 nitrogen and oxygen atoms in total. The summed E-state index contributed by atoms with van der Waals surface area (Å²) >= 11 is 2.84. The molecule has 0 aliphatic carbocycles. The van der Waals surface area contributed by atoms with E-state index in [0.29, 0.717) is 30.1 Å². The van der Waals surface area contributed by atoms with Crippen molar-refractivity contribution in [3.05, 3.63) is 16.8 Å². The van der Waals surface area contributed by atoms with Crippen LogP contribution in [0.25, 0.3) is 0 Å². The number of hydrogen-bond acceptors (Lipinski definition) is 7. The smallest absolute Gasteiger partial charge is 0.337 e. The number of amides is 2. The van der Waals surface area contributed by atoms with E-state index in [9.17, 15) is 9.59 Å². The van der Waals surface area contributed by atoms with Crippen LogP contribution in [0.5, 0.6) is 0 Å². The lowest BCUT2D eigenvalue weighted by Crippen LogP contribution is -2.50. The van der Waals surface area contributed by atoms with Gasteiger partial charge in [0, 0.05) is 11.4 Å². The Kier molecular flexibility index (Phi) is 5.57. The number of carbonyl (C=O) groups excluding carboxylic acids is 2. The second-order valence-corrected chi connectivity index (χ2v) is 6.22. The van der Waals surface area contributed by atoms with Crippen molar-refractivity contribution in [2.75, 3.05) is 12.4 Å². The van der Waals surface area contributed by atoms with Crippen molar-refractivity contribution < 1.29 is 14.3 Å². The molecule has 0 saturated carbocycles. The van der Waals surface area contributed by atoms with Gasteiger partial charge in [-0.2, -0.15) is 0 Å². The van der Waals surface area contributed by atoms with Crippen LogP contribution in [0.2, 0.25) is 0 Å². The first-order chi connectivity index (χ1) is 10.2. The molecule has 0 fully saturated rings. The van der Waals surface area contributed by atoms with Crippen molar-refractivity contribution >= 4 is 35.1 Å². The molecule has 1 atom stereocenters. The third-order valence-electron chi connectivity index (χ3n) is 2.83. The largest absolute Gasteiger partial charge is 0.463 e. The van der Waals surface area contributed by atoms with Crippen LogP contribution in [0.3, 0.4) is 0 Å². The second-order valence-electron chi connectivity index (χ2n) is 4.17. The fourth-order valence-electron chi connectivity index (χ4n) is 1.94. The third kappa shape index (κ3) is 3.94. The fourth-order valence-corrected chi connectivity index (χ4v) is 3.39. The van der Waals surface area contributed by atoms with Gasteiger partial charge < -0.3 is 15.4 Å². The van der Waals surface area contributed by atoms with Crippen LogP contribution in [-0.2, 0) is 9.53 Å². The Bertz CT molecular complexity index is 545. The molecule has 2 N–H and O–H groups in total. The van der Waals surface area contributed by atoms with Crippen LogP contribution in [0.1, 0.15) is 20.3 Å². The predicted molar refractivity (Wildman–Crippen MR) is 80.0 cm³/mol. The lowest BCUT2D eigenvalue weighted by atomic mass is 10.0. The van der Waals surface area contributed by atoms with Crippen molar-refractivity contribution in [2.24, 2.45) is 0 Å². The van der Waals surface area contributed by atoms with E-state index in [1.807, 2.05) is 6.92 Å². The first-order valence-electron chi connectivity index (χ1n) is 6.52. The number of aromatic nitrogens is 2. The summed E-state index contributed by atoms with van der Waals surface area (Å²) in [6.07, 6.45) is 0.620. The normalized spacial score (nSPS) is 18.2. The van der Waals surface area contributed by atoms with Gasteiger partial charge in [-0.15, -0.1) is 10.2 Å². The molecule has 1 aromatic rings. The van der Waals surface area contributed by atoms with Gasteiger partial charge in [-0.05, 0) is 13.3 Å². The first-order valence-corrected chi connectivity index (χ1v) is 8.38. The minimum Gasteiger partial charge on any atom is -0.463 e. The molecule has 1 aliphatic heterocycles. The second kappa shape index (κ2) is 7.41. The number of nitrogens with one attached hydrogen (secondary N) is 2. The van der Waals surface area contributed by atoms with Crippen LogP contribution in [0.4, 0.5) is 4.79 Å². The average molecular weight is 328 g/mol. The highest BCUT2D eigenvalue weighted by atomic mass is 32.2. The van der Waals surface area contributed by atoms with Gasteiger partial charge in [0.05, 0.1) is 18.2 Å². The predicted octanol–water partition coefficient (Wildman–Crippen LogP) is 1.54. The van der Waals surface area contributed by atoms with Crippen LogP contribution < -0.4 is 10.6 Å². The van der Waals surface area contributed by atoms with Gasteiger partial charge in [0.15, 0.2) is 4.34 Å². The quantitative estimate of drug-likeness (QED) is 0.608. The molecule has 1 aromatic heterocycles. The summed E-state index contributed by atoms with van der Waals surface area (Å²) in [5.41, 5.74) is 2.69. The fraction of sp³-hybridized carbons (Fsp3) is 0.500. The number of rotatable bonds is 6. The van der Waals surface area contributed by atoms with Crippen molar-refractivity contribution in [1.82, 2.24) is 20.8 Å². The Labute approximate surface area is 130 Å². The van der Waals surface area contributed by atoms with Gasteiger partial charge in [0.25, 0.3) is 0 Å². The molecule has 0 saturated heterocycles. The van der Waals surface area contributed by atoms with Crippen molar-refractivity contribution in [1.29, 1.82) is 0 Å². The van der Waals surface area contributed by atoms with Gasteiger partial charge >= 0.3 is 12.0 Å². The molecule has 0 spiro atoms. The Morgan fingerprint density at radius 1 is 1.52 bits per heavy atom. The molecule has 0 bridgehead atoms. The minimum absolute atomic E-state index is 0.295. The number of esters is 1. The molecule has 1 aliphatic rings. The van der Waals surface area contributed by atoms with Crippen LogP contribution in [0, 0.1) is 0 Å². The highest BCUT2D eigenvalue weighted by Gasteiger charge is 2.31. The summed E-state index contributed by atoms with van der Waals surface area (Å²) < 4.78 is 5.88. The van der Waals surface area contributed by atoms with Crippen molar-refractivity contribution in [2.45, 2.75) is 30.6 Å². The first kappa shape index (κ1) is 15.8. The zero-order valence-electron chi connectivity index (χ0n) is 11.7. The van der Waals surface area contributed by atoms with Gasteiger partial charge in [0.1, 0.15) is 5.51 Å². The van der Waals surface area contributed by atoms with E-state index >= 15 is 0 Å². The molecular weight excluding hydrogens is 312 g/mol. The van der Waals surface area contributed by atoms with Crippen molar-refractivity contribution in [3.63, 3.8) is 0 Å². The van der Waals surface area contributed by atoms with E-state index in [4.69, 9.17) is 4.74 Å². The third-order valence-corrected chi connectivity index (χ3v) is 4.71. The van der Waals surface area contributed by atoms with Gasteiger partial charge in [-0.25, -0.2) is 9.59 Å². The topological polar surface area (TPSA) is 93.2 Å². The molecule has 0 radical (unpaired) electrons. The standard InChI is InChI=1S/C12H16N4O3S2/c1-3-7-9(10(17)19-4-2)8(15-11(18)14-7)5-20-12-16-13-6-21-12/h6-7H,3-5H2,1-2H3,(H2,14,15,18)/t7-/m1/s1. The Morgan fingerprint density at radius 2 is 2.33 bits per heavy atom. The Balaban J connectivity index is 2.22. The van der Waals surface area contributed by atoms with E-state index in [2.05, 4.69) is 20.8 Å². The van der Waals surface area contributed by atoms with Crippen LogP contribution in [-0.4, -0.2) is 40.6 Å². The summed E-state index contributed by atoms with van der Waals surface area (Å²) in [6, 6.07) is -0.634. The lowest BCUT2D eigenvalue weighted by Gasteiger charge is -2.28. The van der Waals surface area contributed by atoms with Crippen LogP contribution >= 0.6 is 23.1 Å². The van der Waals surface area contributed by atoms with Gasteiger partial charge in [-0.3, -0.25) is 0 Å². The summed E-state index contributed by atoms with van der Waals surface area (Å²) in [7, 11) is 0. The monoisotopic (exact) mass is 328 g/mol. The molecule has 2 rings (SSSR count). The summed E-state index contributed by atoms with van der Waals surface area (Å²) in [5, 5.41) is 13.1. The van der Waals surface area contributed by atoms with E-state index < -0.39 is 5.97 Å². The summed E-state index contributed by atoms with van der Waals surface area (Å²) in [4.78, 5) is 23.8. The van der Waals surface area contributed by atoms with E-state index in [0.717, 1.165) is 4.34 Å². The van der Waals surface area contributed by atoms with E-state index in [1.165, 1.54) is 23.1 Å². The maximum absolute atomic E-state index is 12.1. The number of ether oxygens (including phenoxy) is 1. The maximum Gasteiger partial charge on any atom is 0.337 e. The molecule has 2 amide bonds. The number of thioether (sulfide) groups is 1.